The van der Waals surface area contributed by atoms with Crippen molar-refractivity contribution in [3.63, 3.8) is 0 Å². The van der Waals surface area contributed by atoms with E-state index in [1.54, 1.807) is 0 Å². The predicted molar refractivity (Wildman–Crippen MR) is 125 cm³/mol. The zero-order valence-corrected chi connectivity index (χ0v) is 20.0. The molecule has 5 unspecified atom stereocenters. The highest BCUT2D eigenvalue weighted by molar-refractivity contribution is 5.94. The number of hydrogen-bond donors (Lipinski definition) is 9. The molecule has 0 aliphatic rings. The molecule has 1 rings (SSSR count). The first kappa shape index (κ1) is 30.5. The van der Waals surface area contributed by atoms with Crippen LogP contribution in [0.25, 0.3) is 0 Å². The van der Waals surface area contributed by atoms with E-state index < -0.39 is 66.4 Å². The number of aliphatic carboxylic acids is 2. The van der Waals surface area contributed by atoms with Crippen molar-refractivity contribution in [2.75, 3.05) is 6.54 Å². The second-order valence-corrected chi connectivity index (χ2v) is 8.29. The van der Waals surface area contributed by atoms with Crippen LogP contribution in [-0.2, 0) is 30.4 Å². The molecule has 1 aromatic heterocycles. The summed E-state index contributed by atoms with van der Waals surface area (Å²) in [6, 6.07) is -5.19. The number of nitrogens with zero attached hydrogens (tertiary/aromatic N) is 1. The number of hydrogen-bond acceptors (Lipinski definition) is 9. The topological polar surface area (TPSA) is 263 Å². The molecule has 1 heterocycles. The average molecular weight is 514 g/mol. The number of rotatable bonds is 17. The van der Waals surface area contributed by atoms with Gasteiger partial charge in [0, 0.05) is 24.7 Å². The lowest BCUT2D eigenvalue weighted by Gasteiger charge is -2.25. The molecule has 5 atom stereocenters. The number of aromatic nitrogens is 2. The molecule has 15 nitrogen and oxygen atoms in total. The number of amides is 3. The van der Waals surface area contributed by atoms with Crippen molar-refractivity contribution in [2.45, 2.75) is 75.7 Å². The molecule has 202 valence electrons. The maximum absolute atomic E-state index is 13.1. The van der Waals surface area contributed by atoms with Gasteiger partial charge in [-0.25, -0.2) is 9.78 Å². The van der Waals surface area contributed by atoms with E-state index in [9.17, 15) is 34.2 Å². The second kappa shape index (κ2) is 15.4. The Hall–Kier alpha value is -3.56. The van der Waals surface area contributed by atoms with Gasteiger partial charge in [0.25, 0.3) is 0 Å². The third kappa shape index (κ3) is 10.8. The van der Waals surface area contributed by atoms with E-state index in [1.807, 2.05) is 0 Å². The third-order valence-corrected chi connectivity index (χ3v) is 5.28. The molecule has 0 radical (unpaired) electrons. The van der Waals surface area contributed by atoms with Gasteiger partial charge in [0.2, 0.25) is 17.7 Å². The zero-order valence-electron chi connectivity index (χ0n) is 20.0. The summed E-state index contributed by atoms with van der Waals surface area (Å²) in [5.74, 6) is -5.04. The van der Waals surface area contributed by atoms with E-state index in [0.717, 1.165) is 0 Å². The van der Waals surface area contributed by atoms with E-state index >= 15 is 0 Å². The lowest BCUT2D eigenvalue weighted by molar-refractivity contribution is -0.143. The fourth-order valence-corrected chi connectivity index (χ4v) is 3.14. The minimum Gasteiger partial charge on any atom is -0.481 e. The van der Waals surface area contributed by atoms with Crippen molar-refractivity contribution in [3.05, 3.63) is 18.2 Å². The molecular formula is C21H35N7O8. The van der Waals surface area contributed by atoms with Gasteiger partial charge in [0.05, 0.1) is 12.4 Å². The van der Waals surface area contributed by atoms with Gasteiger partial charge in [-0.2, -0.15) is 0 Å². The number of aliphatic hydroxyl groups is 1. The number of carbonyl (C=O) groups is 5. The Morgan fingerprint density at radius 2 is 1.58 bits per heavy atom. The first-order chi connectivity index (χ1) is 17.0. The standard InChI is InChI=1S/C21H35N7O8/c1-11(29)17(23)20(34)28-15(8-12-9-24-10-25-12)19(33)26-13(4-2-3-7-22)18(32)27-14(21(35)36)5-6-16(30)31/h9-11,13-15,17,29H,2-8,22-23H2,1H3,(H,24,25)(H,26,33)(H,27,32)(H,28,34)(H,30,31)(H,35,36). The summed E-state index contributed by atoms with van der Waals surface area (Å²) < 4.78 is 0. The maximum atomic E-state index is 13.1. The third-order valence-electron chi connectivity index (χ3n) is 5.28. The Morgan fingerprint density at radius 1 is 0.972 bits per heavy atom. The lowest BCUT2D eigenvalue weighted by atomic mass is 10.0. The number of nitrogens with two attached hydrogens (primary N) is 2. The highest BCUT2D eigenvalue weighted by atomic mass is 16.4. The average Bonchev–Trinajstić information content (AvgIpc) is 3.32. The van der Waals surface area contributed by atoms with Crippen LogP contribution in [0.1, 0.15) is 44.7 Å². The minimum absolute atomic E-state index is 0.0440. The van der Waals surface area contributed by atoms with Crippen LogP contribution >= 0.6 is 0 Å². The highest BCUT2D eigenvalue weighted by Gasteiger charge is 2.31. The van der Waals surface area contributed by atoms with Crippen molar-refractivity contribution in [2.24, 2.45) is 11.5 Å². The summed E-state index contributed by atoms with van der Waals surface area (Å²) in [7, 11) is 0. The summed E-state index contributed by atoms with van der Waals surface area (Å²) in [5.41, 5.74) is 11.7. The minimum atomic E-state index is -1.48. The van der Waals surface area contributed by atoms with Gasteiger partial charge in [0.15, 0.2) is 0 Å². The Balaban J connectivity index is 3.05. The molecule has 0 aliphatic heterocycles. The molecular weight excluding hydrogens is 478 g/mol. The van der Waals surface area contributed by atoms with E-state index in [1.165, 1.54) is 19.4 Å². The first-order valence-electron chi connectivity index (χ1n) is 11.4. The number of aromatic amines is 1. The van der Waals surface area contributed by atoms with Gasteiger partial charge >= 0.3 is 11.9 Å². The molecule has 3 amide bonds. The van der Waals surface area contributed by atoms with Crippen LogP contribution in [-0.4, -0.2) is 91.8 Å². The van der Waals surface area contributed by atoms with Crippen LogP contribution in [0.3, 0.4) is 0 Å². The highest BCUT2D eigenvalue weighted by Crippen LogP contribution is 2.07. The van der Waals surface area contributed by atoms with Gasteiger partial charge in [-0.15, -0.1) is 0 Å². The molecule has 0 fully saturated rings. The number of imidazole rings is 1. The van der Waals surface area contributed by atoms with Gasteiger partial charge in [-0.3, -0.25) is 19.2 Å². The summed E-state index contributed by atoms with van der Waals surface area (Å²) >= 11 is 0. The van der Waals surface area contributed by atoms with Crippen LogP contribution in [0.5, 0.6) is 0 Å². The molecule has 0 saturated heterocycles. The number of aliphatic hydroxyl groups excluding tert-OH is 1. The van der Waals surface area contributed by atoms with Crippen LogP contribution in [0, 0.1) is 0 Å². The number of nitrogens with one attached hydrogen (secondary N) is 4. The van der Waals surface area contributed by atoms with E-state index in [2.05, 4.69) is 25.9 Å². The molecule has 36 heavy (non-hydrogen) atoms. The largest absolute Gasteiger partial charge is 0.481 e. The zero-order chi connectivity index (χ0) is 27.3. The van der Waals surface area contributed by atoms with Crippen molar-refractivity contribution in [1.82, 2.24) is 25.9 Å². The van der Waals surface area contributed by atoms with Crippen LogP contribution in [0.15, 0.2) is 12.5 Å². The van der Waals surface area contributed by atoms with Crippen LogP contribution < -0.4 is 27.4 Å². The number of unbranched alkanes of at least 4 members (excludes halogenated alkanes) is 1. The second-order valence-electron chi connectivity index (χ2n) is 8.29. The molecule has 0 aromatic carbocycles. The fourth-order valence-electron chi connectivity index (χ4n) is 3.14. The predicted octanol–water partition coefficient (Wildman–Crippen LogP) is -2.81. The van der Waals surface area contributed by atoms with Crippen molar-refractivity contribution in [1.29, 1.82) is 0 Å². The Labute approximate surface area is 207 Å². The smallest absolute Gasteiger partial charge is 0.326 e. The fraction of sp³-hybridized carbons (Fsp3) is 0.619. The Bertz CT molecular complexity index is 878. The van der Waals surface area contributed by atoms with Gasteiger partial charge in [0.1, 0.15) is 24.2 Å². The summed E-state index contributed by atoms with van der Waals surface area (Å²) in [6.07, 6.45) is 1.81. The normalized spacial score (nSPS) is 15.1. The number of H-pyrrole nitrogens is 1. The summed E-state index contributed by atoms with van der Waals surface area (Å²) in [5, 5.41) is 35.0. The molecule has 0 spiro atoms. The van der Waals surface area contributed by atoms with E-state index in [0.29, 0.717) is 25.1 Å². The molecule has 1 aromatic rings. The van der Waals surface area contributed by atoms with E-state index in [-0.39, 0.29) is 19.3 Å². The Kier molecular flexibility index (Phi) is 13.1. The molecule has 0 bridgehead atoms. The lowest BCUT2D eigenvalue weighted by Crippen LogP contribution is -2.58. The number of carboxylic acid groups (broad SMARTS) is 2. The maximum Gasteiger partial charge on any atom is 0.326 e. The van der Waals surface area contributed by atoms with Crippen molar-refractivity contribution in [3.8, 4) is 0 Å². The number of carbonyl (C=O) groups excluding carboxylic acids is 3. The van der Waals surface area contributed by atoms with Gasteiger partial charge in [-0.05, 0) is 39.2 Å². The van der Waals surface area contributed by atoms with Gasteiger partial charge in [-0.1, -0.05) is 0 Å². The first-order valence-corrected chi connectivity index (χ1v) is 11.4. The summed E-state index contributed by atoms with van der Waals surface area (Å²) in [6.45, 7) is 1.64. The van der Waals surface area contributed by atoms with Crippen LogP contribution in [0.4, 0.5) is 0 Å². The number of carboxylic acids is 2. The Morgan fingerprint density at radius 3 is 2.11 bits per heavy atom. The molecule has 11 N–H and O–H groups in total. The molecule has 15 heteroatoms. The van der Waals surface area contributed by atoms with Crippen LogP contribution in [0.2, 0.25) is 0 Å². The molecule has 0 aliphatic carbocycles. The van der Waals surface area contributed by atoms with Crippen molar-refractivity contribution >= 4 is 29.7 Å². The quantitative estimate of drug-likeness (QED) is 0.0960. The van der Waals surface area contributed by atoms with Gasteiger partial charge < -0.3 is 47.7 Å². The van der Waals surface area contributed by atoms with Crippen molar-refractivity contribution < 1.29 is 39.3 Å². The summed E-state index contributed by atoms with van der Waals surface area (Å²) in [4.78, 5) is 67.3. The SMILES string of the molecule is CC(O)C(N)C(=O)NC(Cc1cnc[nH]1)C(=O)NC(CCCCN)C(=O)NC(CCC(=O)O)C(=O)O. The molecule has 0 saturated carbocycles. The monoisotopic (exact) mass is 513 g/mol. The van der Waals surface area contributed by atoms with E-state index in [4.69, 9.17) is 16.6 Å².